The van der Waals surface area contributed by atoms with E-state index in [1.807, 2.05) is 13.8 Å². The summed E-state index contributed by atoms with van der Waals surface area (Å²) in [4.78, 5) is 37.6. The van der Waals surface area contributed by atoms with Crippen molar-refractivity contribution < 1.29 is 33.3 Å². The van der Waals surface area contributed by atoms with Crippen molar-refractivity contribution in [1.82, 2.24) is 0 Å². The number of cyclic esters (lactones) is 2. The highest BCUT2D eigenvalue weighted by molar-refractivity contribution is 6.06. The molecule has 2 fully saturated rings. The third kappa shape index (κ3) is 2.71. The molecule has 2 heterocycles. The lowest BCUT2D eigenvalue weighted by atomic mass is 9.72. The molecule has 23 heavy (non-hydrogen) atoms. The van der Waals surface area contributed by atoms with Crippen LogP contribution in [0.5, 0.6) is 0 Å². The van der Waals surface area contributed by atoms with Gasteiger partial charge in [0, 0.05) is 19.8 Å². The summed E-state index contributed by atoms with van der Waals surface area (Å²) in [5, 5.41) is 0. The molecule has 0 aliphatic carbocycles. The first-order valence-corrected chi connectivity index (χ1v) is 7.88. The van der Waals surface area contributed by atoms with Crippen LogP contribution < -0.4 is 0 Å². The average molecular weight is 328 g/mol. The van der Waals surface area contributed by atoms with Gasteiger partial charge in [-0.2, -0.15) is 0 Å². The Balaban J connectivity index is 2.47. The molecule has 1 spiro atoms. The normalized spacial score (nSPS) is 31.9. The Kier molecular flexibility index (Phi) is 4.45. The number of hydrogen-bond acceptors (Lipinski definition) is 7. The molecule has 0 amide bonds. The van der Waals surface area contributed by atoms with Crippen molar-refractivity contribution in [3.63, 3.8) is 0 Å². The summed E-state index contributed by atoms with van der Waals surface area (Å²) >= 11 is 0. The molecule has 0 unspecified atom stereocenters. The minimum absolute atomic E-state index is 0.198. The van der Waals surface area contributed by atoms with Crippen LogP contribution in [-0.2, 0) is 33.3 Å². The summed E-state index contributed by atoms with van der Waals surface area (Å²) in [6.45, 7) is 10.1. The zero-order chi connectivity index (χ0) is 17.6. The van der Waals surface area contributed by atoms with Gasteiger partial charge in [0.15, 0.2) is 0 Å². The van der Waals surface area contributed by atoms with Gasteiger partial charge in [-0.05, 0) is 19.8 Å². The van der Waals surface area contributed by atoms with Crippen molar-refractivity contribution in [2.75, 3.05) is 6.61 Å². The predicted molar refractivity (Wildman–Crippen MR) is 78.0 cm³/mol. The summed E-state index contributed by atoms with van der Waals surface area (Å²) in [6.07, 6.45) is -0.664. The van der Waals surface area contributed by atoms with Crippen molar-refractivity contribution in [3.05, 3.63) is 0 Å². The summed E-state index contributed by atoms with van der Waals surface area (Å²) < 4.78 is 21.3. The van der Waals surface area contributed by atoms with Crippen LogP contribution in [0.2, 0.25) is 0 Å². The average Bonchev–Trinajstić information content (AvgIpc) is 2.71. The van der Waals surface area contributed by atoms with E-state index in [-0.39, 0.29) is 12.5 Å². The van der Waals surface area contributed by atoms with Gasteiger partial charge >= 0.3 is 17.9 Å². The SMILES string of the molecule is CCOC(=O)[C@H]1[C@H](C)OC2(C(=O)OC(C)(C)OC2=O)[C@@H]1C(C)C. The molecule has 7 nitrogen and oxygen atoms in total. The molecule has 0 saturated carbocycles. The van der Waals surface area contributed by atoms with Gasteiger partial charge in [-0.15, -0.1) is 0 Å². The highest BCUT2D eigenvalue weighted by atomic mass is 16.8. The van der Waals surface area contributed by atoms with Crippen LogP contribution in [-0.4, -0.2) is 42.0 Å². The fraction of sp³-hybridized carbons (Fsp3) is 0.812. The van der Waals surface area contributed by atoms with E-state index in [0.29, 0.717) is 0 Å². The minimum atomic E-state index is -1.92. The second-order valence-corrected chi connectivity index (χ2v) is 6.79. The van der Waals surface area contributed by atoms with Crippen molar-refractivity contribution >= 4 is 17.9 Å². The zero-order valence-corrected chi connectivity index (χ0v) is 14.4. The summed E-state index contributed by atoms with van der Waals surface area (Å²) in [5.41, 5.74) is -1.92. The Morgan fingerprint density at radius 3 is 2.17 bits per heavy atom. The number of ether oxygens (including phenoxy) is 4. The Bertz CT molecular complexity index is 503. The standard InChI is InChI=1S/C16H24O7/c1-7-20-12(17)10-9(4)21-16(11(10)8(2)3)13(18)22-15(5,6)23-14(16)19/h8-11H,7H2,1-6H3/t9-,10-,11+/m0/s1. The Hall–Kier alpha value is -1.63. The highest BCUT2D eigenvalue weighted by Gasteiger charge is 2.70. The quantitative estimate of drug-likeness (QED) is 0.572. The minimum Gasteiger partial charge on any atom is -0.466 e. The molecule has 0 radical (unpaired) electrons. The maximum absolute atomic E-state index is 12.6. The van der Waals surface area contributed by atoms with E-state index in [0.717, 1.165) is 0 Å². The van der Waals surface area contributed by atoms with Crippen molar-refractivity contribution in [1.29, 1.82) is 0 Å². The van der Waals surface area contributed by atoms with Crippen LogP contribution in [0.4, 0.5) is 0 Å². The molecule has 0 N–H and O–H groups in total. The molecule has 7 heteroatoms. The van der Waals surface area contributed by atoms with Gasteiger partial charge in [-0.3, -0.25) is 4.79 Å². The third-order valence-corrected chi connectivity index (χ3v) is 4.29. The second kappa shape index (κ2) is 5.78. The maximum Gasteiger partial charge on any atom is 0.353 e. The predicted octanol–water partition coefficient (Wildman–Crippen LogP) is 1.43. The lowest BCUT2D eigenvalue weighted by molar-refractivity contribution is -0.267. The molecular weight excluding hydrogens is 304 g/mol. The number of esters is 3. The van der Waals surface area contributed by atoms with Gasteiger partial charge in [0.05, 0.1) is 18.6 Å². The van der Waals surface area contributed by atoms with Gasteiger partial charge in [-0.1, -0.05) is 13.8 Å². The van der Waals surface area contributed by atoms with Crippen LogP contribution >= 0.6 is 0 Å². The van der Waals surface area contributed by atoms with Crippen LogP contribution in [0.15, 0.2) is 0 Å². The summed E-state index contributed by atoms with van der Waals surface area (Å²) in [6, 6.07) is 0. The van der Waals surface area contributed by atoms with Gasteiger partial charge in [0.25, 0.3) is 11.4 Å². The first-order valence-electron chi connectivity index (χ1n) is 7.88. The molecule has 2 saturated heterocycles. The third-order valence-electron chi connectivity index (χ3n) is 4.29. The zero-order valence-electron chi connectivity index (χ0n) is 14.4. The van der Waals surface area contributed by atoms with E-state index in [1.165, 1.54) is 13.8 Å². The second-order valence-electron chi connectivity index (χ2n) is 6.79. The number of carbonyl (C=O) groups excluding carboxylic acids is 3. The molecule has 2 aliphatic rings. The van der Waals surface area contributed by atoms with Crippen molar-refractivity contribution in [3.8, 4) is 0 Å². The Morgan fingerprint density at radius 2 is 1.74 bits per heavy atom. The first kappa shape index (κ1) is 17.7. The van der Waals surface area contributed by atoms with Crippen molar-refractivity contribution in [2.24, 2.45) is 17.8 Å². The molecule has 0 aromatic heterocycles. The van der Waals surface area contributed by atoms with Crippen LogP contribution in [0.25, 0.3) is 0 Å². The Morgan fingerprint density at radius 1 is 1.22 bits per heavy atom. The van der Waals surface area contributed by atoms with E-state index >= 15 is 0 Å². The van der Waals surface area contributed by atoms with Gasteiger partial charge in [0.2, 0.25) is 0 Å². The fourth-order valence-electron chi connectivity index (χ4n) is 3.52. The van der Waals surface area contributed by atoms with E-state index in [1.54, 1.807) is 13.8 Å². The lowest BCUT2D eigenvalue weighted by Crippen LogP contribution is -2.63. The van der Waals surface area contributed by atoms with Gasteiger partial charge < -0.3 is 18.9 Å². The molecule has 2 rings (SSSR count). The summed E-state index contributed by atoms with van der Waals surface area (Å²) in [5.74, 6) is -5.11. The number of carbonyl (C=O) groups is 3. The molecule has 2 aliphatic heterocycles. The smallest absolute Gasteiger partial charge is 0.353 e. The van der Waals surface area contributed by atoms with Gasteiger partial charge in [0.1, 0.15) is 0 Å². The highest BCUT2D eigenvalue weighted by Crippen LogP contribution is 2.49. The summed E-state index contributed by atoms with van der Waals surface area (Å²) in [7, 11) is 0. The lowest BCUT2D eigenvalue weighted by Gasteiger charge is -2.41. The van der Waals surface area contributed by atoms with Crippen LogP contribution in [0.3, 0.4) is 0 Å². The topological polar surface area (TPSA) is 88.1 Å². The Labute approximate surface area is 135 Å². The van der Waals surface area contributed by atoms with Crippen molar-refractivity contribution in [2.45, 2.75) is 59.0 Å². The monoisotopic (exact) mass is 328 g/mol. The van der Waals surface area contributed by atoms with E-state index < -0.39 is 47.2 Å². The van der Waals surface area contributed by atoms with E-state index in [9.17, 15) is 14.4 Å². The number of rotatable bonds is 3. The van der Waals surface area contributed by atoms with Gasteiger partial charge in [-0.25, -0.2) is 9.59 Å². The maximum atomic E-state index is 12.6. The van der Waals surface area contributed by atoms with E-state index in [4.69, 9.17) is 18.9 Å². The molecule has 0 bridgehead atoms. The molecule has 0 aromatic rings. The molecule has 0 aromatic carbocycles. The van der Waals surface area contributed by atoms with E-state index in [2.05, 4.69) is 0 Å². The molecular formula is C16H24O7. The fourth-order valence-corrected chi connectivity index (χ4v) is 3.52. The number of hydrogen-bond donors (Lipinski definition) is 0. The van der Waals surface area contributed by atoms with Crippen LogP contribution in [0.1, 0.15) is 41.5 Å². The largest absolute Gasteiger partial charge is 0.466 e. The molecule has 3 atom stereocenters. The molecule has 130 valence electrons. The first-order chi connectivity index (χ1) is 10.6. The van der Waals surface area contributed by atoms with Crippen LogP contribution in [0, 0.1) is 17.8 Å².